The normalized spacial score (nSPS) is 14.9. The molecule has 2 amide bonds. The number of carbonyl (C=O) groups is 1. The number of para-hydroxylation sites is 1. The van der Waals surface area contributed by atoms with Crippen LogP contribution in [0.4, 0.5) is 27.7 Å². The van der Waals surface area contributed by atoms with Gasteiger partial charge in [-0.25, -0.2) is 9.78 Å². The van der Waals surface area contributed by atoms with Gasteiger partial charge < -0.3 is 20.0 Å². The van der Waals surface area contributed by atoms with Crippen molar-refractivity contribution < 1.29 is 9.21 Å². The highest BCUT2D eigenvalue weighted by Crippen LogP contribution is 2.45. The van der Waals surface area contributed by atoms with Crippen LogP contribution in [-0.2, 0) is 12.0 Å². The van der Waals surface area contributed by atoms with Crippen molar-refractivity contribution in [3.05, 3.63) is 102 Å². The molecular weight excluding hydrogens is 462 g/mol. The summed E-state index contributed by atoms with van der Waals surface area (Å²) >= 11 is 0. The number of hydrogen-bond acceptors (Lipinski definition) is 5. The number of fused-ring (bicyclic) bond motifs is 1. The van der Waals surface area contributed by atoms with Gasteiger partial charge in [-0.1, -0.05) is 44.2 Å². The van der Waals surface area contributed by atoms with Crippen molar-refractivity contribution in [3.63, 3.8) is 0 Å². The Labute approximate surface area is 218 Å². The van der Waals surface area contributed by atoms with Gasteiger partial charge in [0.2, 0.25) is 0 Å². The van der Waals surface area contributed by atoms with E-state index in [4.69, 9.17) is 4.42 Å². The smallest absolute Gasteiger partial charge is 0.323 e. The van der Waals surface area contributed by atoms with Gasteiger partial charge >= 0.3 is 6.03 Å². The first kappa shape index (κ1) is 24.6. The number of aromatic nitrogens is 1. The van der Waals surface area contributed by atoms with Gasteiger partial charge in [0.25, 0.3) is 0 Å². The van der Waals surface area contributed by atoms with E-state index in [0.29, 0.717) is 12.2 Å². The molecule has 1 aliphatic rings. The van der Waals surface area contributed by atoms with Gasteiger partial charge in [-0.15, -0.1) is 0 Å². The molecule has 2 aromatic heterocycles. The number of anilines is 4. The average molecular weight is 496 g/mol. The molecule has 1 unspecified atom stereocenters. The van der Waals surface area contributed by atoms with Crippen molar-refractivity contribution in [2.24, 2.45) is 0 Å². The number of urea groups is 1. The fourth-order valence-corrected chi connectivity index (χ4v) is 4.95. The Morgan fingerprint density at radius 1 is 1.08 bits per heavy atom. The van der Waals surface area contributed by atoms with Gasteiger partial charge in [-0.2, -0.15) is 0 Å². The number of nitrogens with one attached hydrogen (secondary N) is 2. The van der Waals surface area contributed by atoms with E-state index in [1.807, 2.05) is 48.5 Å². The zero-order chi connectivity index (χ0) is 26.0. The Hall–Kier alpha value is -4.10. The predicted octanol–water partition coefficient (Wildman–Crippen LogP) is 6.94. The Kier molecular flexibility index (Phi) is 6.72. The number of carbonyl (C=O) groups excluding carboxylic acids is 1. The van der Waals surface area contributed by atoms with Crippen LogP contribution >= 0.6 is 0 Å². The third-order valence-electron chi connectivity index (χ3n) is 7.04. The maximum Gasteiger partial charge on any atom is 0.323 e. The van der Waals surface area contributed by atoms with Crippen molar-refractivity contribution >= 4 is 28.9 Å². The lowest BCUT2D eigenvalue weighted by Crippen LogP contribution is -2.27. The number of pyridine rings is 1. The lowest BCUT2D eigenvalue weighted by Gasteiger charge is -2.25. The minimum Gasteiger partial charge on any atom is -0.468 e. The van der Waals surface area contributed by atoms with E-state index in [0.717, 1.165) is 35.1 Å². The summed E-state index contributed by atoms with van der Waals surface area (Å²) in [6.07, 6.45) is 3.45. The lowest BCUT2D eigenvalue weighted by atomic mass is 9.87. The van der Waals surface area contributed by atoms with E-state index >= 15 is 0 Å². The molecule has 4 aromatic rings. The molecule has 37 heavy (non-hydrogen) atoms. The summed E-state index contributed by atoms with van der Waals surface area (Å²) in [6.45, 7) is 8.08. The Morgan fingerprint density at radius 3 is 2.73 bits per heavy atom. The maximum atomic E-state index is 13.1. The molecule has 0 fully saturated rings. The summed E-state index contributed by atoms with van der Waals surface area (Å²) in [5, 5.41) is 6.01. The van der Waals surface area contributed by atoms with E-state index in [1.165, 1.54) is 5.56 Å². The Bertz CT molecular complexity index is 1380. The van der Waals surface area contributed by atoms with Gasteiger partial charge in [-0.3, -0.25) is 4.90 Å². The molecular formula is C30H33N5O2. The zero-order valence-corrected chi connectivity index (χ0v) is 21.7. The largest absolute Gasteiger partial charge is 0.468 e. The van der Waals surface area contributed by atoms with Crippen LogP contribution in [-0.4, -0.2) is 29.5 Å². The summed E-state index contributed by atoms with van der Waals surface area (Å²) in [6, 6.07) is 23.7. The Balaban J connectivity index is 1.30. The molecule has 7 heteroatoms. The van der Waals surface area contributed by atoms with E-state index < -0.39 is 0 Å². The van der Waals surface area contributed by atoms with Gasteiger partial charge in [0.15, 0.2) is 5.82 Å². The molecule has 0 spiro atoms. The Morgan fingerprint density at radius 2 is 1.92 bits per heavy atom. The maximum absolute atomic E-state index is 13.1. The highest BCUT2D eigenvalue weighted by molar-refractivity contribution is 6.02. The lowest BCUT2D eigenvalue weighted by molar-refractivity contribution is 0.232. The van der Waals surface area contributed by atoms with E-state index in [9.17, 15) is 4.79 Å². The first-order valence-electron chi connectivity index (χ1n) is 12.5. The predicted molar refractivity (Wildman–Crippen MR) is 148 cm³/mol. The minimum absolute atomic E-state index is 0.0190. The van der Waals surface area contributed by atoms with Crippen LogP contribution < -0.4 is 15.5 Å². The van der Waals surface area contributed by atoms with Crippen molar-refractivity contribution in [1.82, 2.24) is 9.88 Å². The molecule has 190 valence electrons. The molecule has 0 bridgehead atoms. The molecule has 0 saturated carbocycles. The van der Waals surface area contributed by atoms with E-state index in [-0.39, 0.29) is 17.5 Å². The summed E-state index contributed by atoms with van der Waals surface area (Å²) in [5.74, 6) is 1.65. The van der Waals surface area contributed by atoms with Crippen LogP contribution in [0, 0.1) is 0 Å². The summed E-state index contributed by atoms with van der Waals surface area (Å²) in [5.41, 5.74) is 4.87. The number of amides is 2. The van der Waals surface area contributed by atoms with Crippen LogP contribution in [0.15, 0.2) is 89.7 Å². The first-order valence-corrected chi connectivity index (χ1v) is 12.5. The number of benzene rings is 2. The number of furan rings is 1. The third kappa shape index (κ3) is 5.22. The van der Waals surface area contributed by atoms with E-state index in [1.54, 1.807) is 12.5 Å². The fourth-order valence-electron chi connectivity index (χ4n) is 4.95. The topological polar surface area (TPSA) is 73.6 Å². The summed E-state index contributed by atoms with van der Waals surface area (Å²) < 4.78 is 5.48. The molecule has 0 aliphatic carbocycles. The van der Waals surface area contributed by atoms with Crippen LogP contribution in [0.2, 0.25) is 0 Å². The number of hydrogen-bond donors (Lipinski definition) is 2. The highest BCUT2D eigenvalue weighted by atomic mass is 16.3. The SMILES string of the molecule is CC(c1cccc(NC(=O)Nc2cccnc2N2CC(C)(C)c3ccccc32)c1)N(C)Cc1ccco1. The first-order chi connectivity index (χ1) is 17.8. The molecule has 0 radical (unpaired) electrons. The third-order valence-corrected chi connectivity index (χ3v) is 7.04. The van der Waals surface area contributed by atoms with Crippen LogP contribution in [0.25, 0.3) is 0 Å². The molecule has 5 rings (SSSR count). The van der Waals surface area contributed by atoms with Crippen LogP contribution in [0.5, 0.6) is 0 Å². The van der Waals surface area contributed by atoms with Crippen LogP contribution in [0.1, 0.15) is 43.7 Å². The summed E-state index contributed by atoms with van der Waals surface area (Å²) in [4.78, 5) is 22.1. The van der Waals surface area contributed by atoms with Gasteiger partial charge in [-0.05, 0) is 67.6 Å². The number of rotatable bonds is 7. The van der Waals surface area contributed by atoms with Crippen molar-refractivity contribution in [1.29, 1.82) is 0 Å². The zero-order valence-electron chi connectivity index (χ0n) is 21.7. The van der Waals surface area contributed by atoms with Crippen LogP contribution in [0.3, 0.4) is 0 Å². The molecule has 1 aliphatic heterocycles. The van der Waals surface area contributed by atoms with Crippen molar-refractivity contribution in [2.45, 2.75) is 38.8 Å². The fraction of sp³-hybridized carbons (Fsp3) is 0.267. The minimum atomic E-state index is -0.310. The number of nitrogens with zero attached hydrogens (tertiary/aromatic N) is 3. The molecule has 3 heterocycles. The van der Waals surface area contributed by atoms with Gasteiger partial charge in [0.05, 0.1) is 18.5 Å². The molecule has 2 N–H and O–H groups in total. The quantitative estimate of drug-likeness (QED) is 0.290. The second kappa shape index (κ2) is 10.1. The average Bonchev–Trinajstić information content (AvgIpc) is 3.49. The molecule has 7 nitrogen and oxygen atoms in total. The standard InChI is InChI=1S/C30H33N5O2/c1-21(34(4)19-24-12-9-17-37-24)22-10-7-11-23(18-22)32-29(36)33-26-14-8-16-31-28(26)35-20-30(2,3)25-13-5-6-15-27(25)35/h5-18,21H,19-20H2,1-4H3,(H2,32,33,36). The monoisotopic (exact) mass is 495 g/mol. The second-order valence-electron chi connectivity index (χ2n) is 10.2. The van der Waals surface area contributed by atoms with Crippen molar-refractivity contribution in [2.75, 3.05) is 29.1 Å². The van der Waals surface area contributed by atoms with Gasteiger partial charge in [0, 0.05) is 35.6 Å². The second-order valence-corrected chi connectivity index (χ2v) is 10.2. The van der Waals surface area contributed by atoms with E-state index in [2.05, 4.69) is 77.5 Å². The highest BCUT2D eigenvalue weighted by Gasteiger charge is 2.36. The molecule has 1 atom stereocenters. The summed E-state index contributed by atoms with van der Waals surface area (Å²) in [7, 11) is 2.06. The molecule has 2 aromatic carbocycles. The van der Waals surface area contributed by atoms with Gasteiger partial charge in [0.1, 0.15) is 5.76 Å². The van der Waals surface area contributed by atoms with Crippen molar-refractivity contribution in [3.8, 4) is 0 Å². The molecule has 0 saturated heterocycles.